The number of hydrogen-bond acceptors (Lipinski definition) is 3. The summed E-state index contributed by atoms with van der Waals surface area (Å²) in [4.78, 5) is 15.2. The number of hydrogen-bond donors (Lipinski definition) is 0. The molecule has 1 aliphatic carbocycles. The summed E-state index contributed by atoms with van der Waals surface area (Å²) < 4.78 is 0. The first-order chi connectivity index (χ1) is 25.0. The van der Waals surface area contributed by atoms with Crippen LogP contribution < -0.4 is 0 Å². The summed E-state index contributed by atoms with van der Waals surface area (Å²) in [6.45, 7) is 4.75. The second-order valence-corrected chi connectivity index (χ2v) is 14.0. The van der Waals surface area contributed by atoms with Crippen molar-refractivity contribution in [3.05, 3.63) is 175 Å². The van der Waals surface area contributed by atoms with Crippen molar-refractivity contribution in [2.45, 2.75) is 19.3 Å². The summed E-state index contributed by atoms with van der Waals surface area (Å²) in [5.74, 6) is 0.702. The fourth-order valence-electron chi connectivity index (χ4n) is 8.31. The Balaban J connectivity index is 1.19. The average molecular weight is 652 g/mol. The smallest absolute Gasteiger partial charge is 0.161 e. The van der Waals surface area contributed by atoms with Gasteiger partial charge in [0.1, 0.15) is 0 Å². The zero-order chi connectivity index (χ0) is 34.1. The van der Waals surface area contributed by atoms with Crippen LogP contribution in [0.5, 0.6) is 0 Å². The van der Waals surface area contributed by atoms with Crippen LogP contribution in [0.3, 0.4) is 0 Å². The van der Waals surface area contributed by atoms with E-state index in [4.69, 9.17) is 9.97 Å². The third-order valence-electron chi connectivity index (χ3n) is 10.7. The van der Waals surface area contributed by atoms with Crippen molar-refractivity contribution in [3.63, 3.8) is 0 Å². The summed E-state index contributed by atoms with van der Waals surface area (Å²) in [6, 6.07) is 56.3. The largest absolute Gasteiger partial charge is 0.256 e. The normalized spacial score (nSPS) is 13.1. The van der Waals surface area contributed by atoms with Crippen LogP contribution in [-0.4, -0.2) is 15.0 Å². The molecule has 1 aliphatic rings. The first-order valence-corrected chi connectivity index (χ1v) is 17.5. The minimum Gasteiger partial charge on any atom is -0.256 e. The molecule has 2 heterocycles. The Morgan fingerprint density at radius 1 is 0.431 bits per heavy atom. The summed E-state index contributed by atoms with van der Waals surface area (Å²) >= 11 is 0. The van der Waals surface area contributed by atoms with Crippen LogP contribution >= 0.6 is 0 Å². The molecule has 240 valence electrons. The Kier molecular flexibility index (Phi) is 6.53. The van der Waals surface area contributed by atoms with E-state index in [0.717, 1.165) is 44.4 Å². The van der Waals surface area contributed by atoms with E-state index in [0.29, 0.717) is 5.82 Å². The van der Waals surface area contributed by atoms with E-state index in [-0.39, 0.29) is 5.41 Å². The Morgan fingerprint density at radius 3 is 1.88 bits per heavy atom. The van der Waals surface area contributed by atoms with Gasteiger partial charge in [0.15, 0.2) is 5.82 Å². The molecule has 10 rings (SSSR count). The van der Waals surface area contributed by atoms with Gasteiger partial charge in [0, 0.05) is 33.7 Å². The van der Waals surface area contributed by atoms with E-state index in [1.165, 1.54) is 49.5 Å². The maximum absolute atomic E-state index is 5.30. The van der Waals surface area contributed by atoms with Crippen molar-refractivity contribution in [1.29, 1.82) is 0 Å². The summed E-state index contributed by atoms with van der Waals surface area (Å²) in [5, 5.41) is 5.94. The van der Waals surface area contributed by atoms with Gasteiger partial charge in [-0.05, 0) is 91.3 Å². The van der Waals surface area contributed by atoms with Crippen molar-refractivity contribution in [2.75, 3.05) is 0 Å². The lowest BCUT2D eigenvalue weighted by Crippen LogP contribution is -2.16. The maximum Gasteiger partial charge on any atom is 0.161 e. The van der Waals surface area contributed by atoms with E-state index >= 15 is 0 Å². The lowest BCUT2D eigenvalue weighted by Gasteiger charge is -2.25. The first kappa shape index (κ1) is 29.5. The van der Waals surface area contributed by atoms with Gasteiger partial charge in [0.2, 0.25) is 0 Å². The van der Waals surface area contributed by atoms with Gasteiger partial charge in [-0.3, -0.25) is 4.98 Å². The van der Waals surface area contributed by atoms with Crippen molar-refractivity contribution in [1.82, 2.24) is 15.0 Å². The third-order valence-corrected chi connectivity index (χ3v) is 10.7. The molecule has 3 nitrogen and oxygen atoms in total. The quantitative estimate of drug-likeness (QED) is 0.190. The molecule has 0 atom stereocenters. The van der Waals surface area contributed by atoms with Crippen LogP contribution in [0.25, 0.3) is 88.6 Å². The van der Waals surface area contributed by atoms with Crippen LogP contribution in [0.4, 0.5) is 0 Å². The van der Waals surface area contributed by atoms with Crippen molar-refractivity contribution in [2.24, 2.45) is 0 Å². The molecule has 51 heavy (non-hydrogen) atoms. The molecule has 3 heteroatoms. The molecule has 0 spiro atoms. The van der Waals surface area contributed by atoms with E-state index in [1.54, 1.807) is 0 Å². The predicted octanol–water partition coefficient (Wildman–Crippen LogP) is 12.3. The maximum atomic E-state index is 5.30. The molecule has 0 fully saturated rings. The topological polar surface area (TPSA) is 38.7 Å². The van der Waals surface area contributed by atoms with Crippen molar-refractivity contribution >= 4 is 32.4 Å². The van der Waals surface area contributed by atoms with Gasteiger partial charge in [-0.25, -0.2) is 9.97 Å². The van der Waals surface area contributed by atoms with Gasteiger partial charge in [-0.15, -0.1) is 0 Å². The summed E-state index contributed by atoms with van der Waals surface area (Å²) in [5.41, 5.74) is 13.5. The van der Waals surface area contributed by atoms with Gasteiger partial charge in [-0.1, -0.05) is 135 Å². The van der Waals surface area contributed by atoms with E-state index in [2.05, 4.69) is 158 Å². The van der Waals surface area contributed by atoms with E-state index in [1.807, 2.05) is 24.4 Å². The summed E-state index contributed by atoms with van der Waals surface area (Å²) in [7, 11) is 0. The van der Waals surface area contributed by atoms with E-state index in [9.17, 15) is 0 Å². The monoisotopic (exact) mass is 651 g/mol. The van der Waals surface area contributed by atoms with E-state index < -0.39 is 0 Å². The van der Waals surface area contributed by atoms with Gasteiger partial charge in [-0.2, -0.15) is 0 Å². The van der Waals surface area contributed by atoms with Crippen LogP contribution in [-0.2, 0) is 5.41 Å². The highest BCUT2D eigenvalue weighted by atomic mass is 14.9. The Morgan fingerprint density at radius 2 is 1.06 bits per heavy atom. The fourth-order valence-corrected chi connectivity index (χ4v) is 8.31. The Hall–Kier alpha value is -6.45. The van der Waals surface area contributed by atoms with Crippen molar-refractivity contribution in [3.8, 4) is 56.2 Å². The molecular formula is C48H33N3. The van der Waals surface area contributed by atoms with Gasteiger partial charge in [0.25, 0.3) is 0 Å². The highest BCUT2D eigenvalue weighted by Gasteiger charge is 2.38. The van der Waals surface area contributed by atoms with Crippen LogP contribution in [0.15, 0.2) is 164 Å². The van der Waals surface area contributed by atoms with Crippen LogP contribution in [0, 0.1) is 0 Å². The lowest BCUT2D eigenvalue weighted by molar-refractivity contribution is 0.663. The SMILES string of the molecule is CC1(C)c2cc3ccccc3cc2-c2cccc(-c3ccc(-c4nc(-c5ccccc5)cc(-c5cccc6ncccc56)n4)c4ccccc34)c21. The minimum atomic E-state index is -0.166. The number of nitrogens with zero attached hydrogens (tertiary/aromatic N) is 3. The minimum absolute atomic E-state index is 0.166. The highest BCUT2D eigenvalue weighted by Crippen LogP contribution is 2.54. The second-order valence-electron chi connectivity index (χ2n) is 14.0. The average Bonchev–Trinajstić information content (AvgIpc) is 3.41. The van der Waals surface area contributed by atoms with Crippen molar-refractivity contribution < 1.29 is 0 Å². The number of benzene rings is 7. The number of aromatic nitrogens is 3. The highest BCUT2D eigenvalue weighted by molar-refractivity contribution is 6.07. The predicted molar refractivity (Wildman–Crippen MR) is 212 cm³/mol. The lowest BCUT2D eigenvalue weighted by atomic mass is 9.78. The number of fused-ring (bicyclic) bond motifs is 6. The molecule has 0 bridgehead atoms. The molecule has 9 aromatic rings. The van der Waals surface area contributed by atoms with Crippen LogP contribution in [0.1, 0.15) is 25.0 Å². The molecule has 0 amide bonds. The van der Waals surface area contributed by atoms with Gasteiger partial charge < -0.3 is 0 Å². The summed E-state index contributed by atoms with van der Waals surface area (Å²) in [6.07, 6.45) is 1.84. The van der Waals surface area contributed by atoms with Gasteiger partial charge >= 0.3 is 0 Å². The molecule has 0 N–H and O–H groups in total. The number of pyridine rings is 1. The molecule has 0 unspecified atom stereocenters. The molecule has 0 radical (unpaired) electrons. The zero-order valence-corrected chi connectivity index (χ0v) is 28.4. The molecule has 0 saturated carbocycles. The fraction of sp³-hybridized carbons (Fsp3) is 0.0625. The zero-order valence-electron chi connectivity index (χ0n) is 28.4. The molecule has 0 aliphatic heterocycles. The Labute approximate surface area is 297 Å². The molecule has 7 aromatic carbocycles. The first-order valence-electron chi connectivity index (χ1n) is 17.5. The Bertz CT molecular complexity index is 2830. The molecule has 0 saturated heterocycles. The van der Waals surface area contributed by atoms with Crippen LogP contribution in [0.2, 0.25) is 0 Å². The van der Waals surface area contributed by atoms with Gasteiger partial charge in [0.05, 0.1) is 16.9 Å². The number of rotatable bonds is 4. The molecule has 2 aromatic heterocycles. The standard InChI is InChI=1S/C48H33N3/c1-48(2)42-28-32-16-7-6-15-31(32)27-41(42)39-21-10-20-38(46(39)48)35-24-25-40(34-18-9-8-17-33(34)35)47-50-44(30-13-4-3-5-14-30)29-45(51-47)37-19-11-23-43-36(37)22-12-26-49-43/h3-29H,1-2H3. The second kappa shape index (κ2) is 11.3. The molecular weight excluding hydrogens is 619 g/mol. The third kappa shape index (κ3) is 4.62.